The van der Waals surface area contributed by atoms with Crippen molar-refractivity contribution in [1.82, 2.24) is 23.9 Å². The normalized spacial score (nSPS) is 15.4. The highest BCUT2D eigenvalue weighted by molar-refractivity contribution is 7.89. The summed E-state index contributed by atoms with van der Waals surface area (Å²) in [6, 6.07) is 4.75. The summed E-state index contributed by atoms with van der Waals surface area (Å²) >= 11 is 0. The zero-order valence-corrected chi connectivity index (χ0v) is 18.8. The molecule has 0 spiro atoms. The Morgan fingerprint density at radius 1 is 1.26 bits per heavy atom. The summed E-state index contributed by atoms with van der Waals surface area (Å²) in [7, 11) is -3.67. The molecule has 2 aromatic heterocycles. The molecule has 3 heterocycles. The van der Waals surface area contributed by atoms with E-state index < -0.39 is 10.0 Å². The van der Waals surface area contributed by atoms with Crippen molar-refractivity contribution in [3.05, 3.63) is 35.9 Å². The number of nitrogens with zero attached hydrogens (tertiary/aromatic N) is 5. The van der Waals surface area contributed by atoms with Crippen LogP contribution in [0.3, 0.4) is 0 Å². The van der Waals surface area contributed by atoms with E-state index in [9.17, 15) is 13.5 Å². The minimum Gasteiger partial charge on any atom is -0.493 e. The molecule has 10 heteroatoms. The predicted octanol–water partition coefficient (Wildman–Crippen LogP) is 2.06. The molecular weight excluding hydrogens is 418 g/mol. The number of hydrogen-bond donors (Lipinski definition) is 1. The summed E-state index contributed by atoms with van der Waals surface area (Å²) in [4.78, 5) is 9.24. The van der Waals surface area contributed by atoms with Gasteiger partial charge in [-0.15, -0.1) is 5.10 Å². The molecule has 1 aliphatic heterocycles. The van der Waals surface area contributed by atoms with Crippen LogP contribution in [0, 0.1) is 12.8 Å². The van der Waals surface area contributed by atoms with Crippen LogP contribution in [-0.4, -0.2) is 63.7 Å². The van der Waals surface area contributed by atoms with Crippen molar-refractivity contribution >= 4 is 15.5 Å². The van der Waals surface area contributed by atoms with Gasteiger partial charge in [0.2, 0.25) is 10.0 Å². The fourth-order valence-electron chi connectivity index (χ4n) is 3.71. The van der Waals surface area contributed by atoms with Gasteiger partial charge in [0.1, 0.15) is 17.1 Å². The van der Waals surface area contributed by atoms with Crippen LogP contribution in [-0.2, 0) is 16.4 Å². The maximum Gasteiger partial charge on any atom is 0.243 e. The van der Waals surface area contributed by atoms with Gasteiger partial charge in [0.25, 0.3) is 0 Å². The molecule has 0 amide bonds. The Morgan fingerprint density at radius 3 is 2.71 bits per heavy atom. The summed E-state index contributed by atoms with van der Waals surface area (Å²) in [6.07, 6.45) is 3.42. The first-order chi connectivity index (χ1) is 14.9. The lowest BCUT2D eigenvalue weighted by Gasteiger charge is -2.37. The summed E-state index contributed by atoms with van der Waals surface area (Å²) in [5, 5.41) is 13.9. The van der Waals surface area contributed by atoms with E-state index in [-0.39, 0.29) is 17.4 Å². The van der Waals surface area contributed by atoms with Crippen molar-refractivity contribution < 1.29 is 18.3 Å². The largest absolute Gasteiger partial charge is 0.493 e. The lowest BCUT2D eigenvalue weighted by molar-refractivity contribution is 0.117. The second-order valence-corrected chi connectivity index (χ2v) is 9.64. The van der Waals surface area contributed by atoms with Gasteiger partial charge in [-0.25, -0.2) is 22.9 Å². The number of aliphatic hydroxyl groups is 1. The highest BCUT2D eigenvalue weighted by Gasteiger charge is 2.36. The van der Waals surface area contributed by atoms with Crippen LogP contribution in [0.15, 0.2) is 29.3 Å². The molecule has 1 saturated heterocycles. The number of benzene rings is 1. The summed E-state index contributed by atoms with van der Waals surface area (Å²) in [6.45, 7) is 6.92. The molecule has 1 fully saturated rings. The van der Waals surface area contributed by atoms with Gasteiger partial charge in [0, 0.05) is 32.0 Å². The molecule has 0 unspecified atom stereocenters. The first-order valence-corrected chi connectivity index (χ1v) is 11.9. The van der Waals surface area contributed by atoms with Crippen molar-refractivity contribution in [1.29, 1.82) is 0 Å². The molecule has 31 heavy (non-hydrogen) atoms. The third-order valence-corrected chi connectivity index (χ3v) is 7.26. The Hall–Kier alpha value is -2.56. The summed E-state index contributed by atoms with van der Waals surface area (Å²) < 4.78 is 35.0. The van der Waals surface area contributed by atoms with Gasteiger partial charge in [0.05, 0.1) is 29.0 Å². The molecular formula is C21H27N5O4S. The summed E-state index contributed by atoms with van der Waals surface area (Å²) in [5.41, 5.74) is 2.19. The monoisotopic (exact) mass is 445 g/mol. The Bertz CT molecular complexity index is 1200. The van der Waals surface area contributed by atoms with Crippen molar-refractivity contribution in [2.75, 3.05) is 26.3 Å². The van der Waals surface area contributed by atoms with Crippen molar-refractivity contribution in [3.63, 3.8) is 0 Å². The number of aryl methyl sites for hydroxylation is 2. The van der Waals surface area contributed by atoms with Crippen molar-refractivity contribution in [2.24, 2.45) is 5.92 Å². The van der Waals surface area contributed by atoms with Crippen molar-refractivity contribution in [2.45, 2.75) is 38.5 Å². The molecule has 3 aromatic rings. The van der Waals surface area contributed by atoms with Gasteiger partial charge >= 0.3 is 0 Å². The van der Waals surface area contributed by atoms with Crippen LogP contribution in [0.4, 0.5) is 0 Å². The van der Waals surface area contributed by atoms with E-state index in [0.29, 0.717) is 36.8 Å². The topological polar surface area (TPSA) is 110 Å². The first kappa shape index (κ1) is 21.7. The van der Waals surface area contributed by atoms with Gasteiger partial charge in [-0.05, 0) is 38.5 Å². The maximum absolute atomic E-state index is 13.0. The Labute approximate surface area is 181 Å². The zero-order chi connectivity index (χ0) is 22.2. The van der Waals surface area contributed by atoms with Crippen LogP contribution in [0.25, 0.3) is 16.9 Å². The Balaban J connectivity index is 1.79. The van der Waals surface area contributed by atoms with E-state index in [1.165, 1.54) is 4.31 Å². The Kier molecular flexibility index (Phi) is 5.96. The third-order valence-electron chi connectivity index (χ3n) is 5.43. The van der Waals surface area contributed by atoms with Gasteiger partial charge in [0.15, 0.2) is 5.82 Å². The number of ether oxygens (including phenoxy) is 1. The molecule has 1 aliphatic rings. The lowest BCUT2D eigenvalue weighted by Crippen LogP contribution is -2.51. The highest BCUT2D eigenvalue weighted by atomic mass is 32.2. The minimum atomic E-state index is -3.67. The predicted molar refractivity (Wildman–Crippen MR) is 115 cm³/mol. The molecule has 0 aliphatic carbocycles. The van der Waals surface area contributed by atoms with Crippen LogP contribution < -0.4 is 4.74 Å². The van der Waals surface area contributed by atoms with E-state index in [0.717, 1.165) is 29.9 Å². The van der Waals surface area contributed by atoms with E-state index in [4.69, 9.17) is 4.74 Å². The fraction of sp³-hybridized carbons (Fsp3) is 0.476. The number of aliphatic hydroxyl groups excluding tert-OH is 1. The zero-order valence-electron chi connectivity index (χ0n) is 17.9. The second-order valence-electron chi connectivity index (χ2n) is 7.70. The summed E-state index contributed by atoms with van der Waals surface area (Å²) in [5.74, 6) is 1.73. The first-order valence-electron chi connectivity index (χ1n) is 10.5. The molecule has 0 saturated carbocycles. The van der Waals surface area contributed by atoms with Crippen LogP contribution in [0.2, 0.25) is 0 Å². The number of imidazole rings is 1. The molecule has 166 valence electrons. The minimum absolute atomic E-state index is 0.0100. The van der Waals surface area contributed by atoms with E-state index in [1.807, 2.05) is 13.8 Å². The molecule has 0 atom stereocenters. The van der Waals surface area contributed by atoms with Crippen LogP contribution >= 0.6 is 0 Å². The van der Waals surface area contributed by atoms with E-state index >= 15 is 0 Å². The maximum atomic E-state index is 13.0. The van der Waals surface area contributed by atoms with Crippen molar-refractivity contribution in [3.8, 4) is 17.1 Å². The number of rotatable bonds is 8. The van der Waals surface area contributed by atoms with Crippen LogP contribution in [0.5, 0.6) is 5.75 Å². The van der Waals surface area contributed by atoms with E-state index in [1.54, 1.807) is 28.9 Å². The third kappa shape index (κ3) is 3.90. The van der Waals surface area contributed by atoms with Gasteiger partial charge in [-0.3, -0.25) is 0 Å². The molecule has 1 N–H and O–H groups in total. The number of hydrogen-bond acceptors (Lipinski definition) is 7. The smallest absolute Gasteiger partial charge is 0.243 e. The lowest BCUT2D eigenvalue weighted by atomic mass is 10.1. The molecule has 9 nitrogen and oxygen atoms in total. The van der Waals surface area contributed by atoms with Crippen LogP contribution in [0.1, 0.15) is 31.8 Å². The number of fused-ring (bicyclic) bond motifs is 1. The number of aromatic nitrogens is 4. The highest BCUT2D eigenvalue weighted by Crippen LogP contribution is 2.33. The Morgan fingerprint density at radius 2 is 2.03 bits per heavy atom. The number of sulfonamides is 1. The molecule has 4 rings (SSSR count). The molecule has 1 aromatic carbocycles. The average molecular weight is 446 g/mol. The second kappa shape index (κ2) is 8.52. The molecule has 0 bridgehead atoms. The van der Waals surface area contributed by atoms with Gasteiger partial charge in [-0.1, -0.05) is 6.92 Å². The van der Waals surface area contributed by atoms with E-state index in [2.05, 4.69) is 22.0 Å². The average Bonchev–Trinajstić information content (AvgIpc) is 3.03. The molecule has 0 radical (unpaired) electrons. The standard InChI is InChI=1S/C21H27N5O4S/c1-4-6-20-23-14(3)18-10-22-21(24-26(18)20)17-9-16(7-8-19(17)30-5-2)31(28,29)25-11-15(12-25)13-27/h7-10,15,27H,4-6,11-13H2,1-3H3. The quantitative estimate of drug-likeness (QED) is 0.565. The van der Waals surface area contributed by atoms with Gasteiger partial charge in [-0.2, -0.15) is 4.31 Å². The SMILES string of the molecule is CCCc1nc(C)c2cnc(-c3cc(S(=O)(=O)N4CC(CO)C4)ccc3OCC)nn12. The fourth-order valence-corrected chi connectivity index (χ4v) is 5.33. The van der Waals surface area contributed by atoms with Gasteiger partial charge < -0.3 is 9.84 Å².